The first-order chi connectivity index (χ1) is 13.4. The first-order valence-corrected chi connectivity index (χ1v) is 11.0. The molecule has 1 fully saturated rings. The summed E-state index contributed by atoms with van der Waals surface area (Å²) in [7, 11) is 0. The molecule has 0 aliphatic heterocycles. The lowest BCUT2D eigenvalue weighted by Gasteiger charge is -2.22. The second-order valence-electron chi connectivity index (χ2n) is 7.90. The van der Waals surface area contributed by atoms with Crippen molar-refractivity contribution in [2.45, 2.75) is 77.0 Å². The van der Waals surface area contributed by atoms with Gasteiger partial charge in [0, 0.05) is 0 Å². The van der Waals surface area contributed by atoms with Gasteiger partial charge in [0.05, 0.1) is 6.61 Å². The third kappa shape index (κ3) is 6.41. The highest BCUT2D eigenvalue weighted by Crippen LogP contribution is 2.33. The monoisotopic (exact) mass is 363 g/mol. The molecular weight excluding hydrogens is 328 g/mol. The third-order valence-corrected chi connectivity index (χ3v) is 5.77. The predicted molar refractivity (Wildman–Crippen MR) is 116 cm³/mol. The van der Waals surface area contributed by atoms with Gasteiger partial charge in [-0.3, -0.25) is 0 Å². The van der Waals surface area contributed by atoms with E-state index in [-0.39, 0.29) is 0 Å². The first-order valence-electron chi connectivity index (χ1n) is 11.0. The Balaban J connectivity index is 1.45. The summed E-state index contributed by atoms with van der Waals surface area (Å²) in [5.41, 5.74) is 4.07. The molecular formula is C26H35O. The smallest absolute Gasteiger partial charge is 0.119 e. The molecule has 0 heterocycles. The summed E-state index contributed by atoms with van der Waals surface area (Å²) in [5.74, 6) is 1.74. The minimum Gasteiger partial charge on any atom is -0.494 e. The standard InChI is InChI=1S/C26H35O/c1-2-3-4-5-6-10-21-27-26-19-17-25(18-20-26)24-15-13-23(14-16-24)22-11-8-7-9-12-22/h7,13-20,22H,2-6,8-12,21H2,1H3. The van der Waals surface area contributed by atoms with E-state index in [9.17, 15) is 0 Å². The fourth-order valence-electron chi connectivity index (χ4n) is 4.02. The summed E-state index contributed by atoms with van der Waals surface area (Å²) >= 11 is 0. The maximum absolute atomic E-state index is 5.90. The molecule has 1 saturated carbocycles. The molecule has 1 aliphatic rings. The van der Waals surface area contributed by atoms with Crippen molar-refractivity contribution < 1.29 is 4.74 Å². The molecule has 1 heteroatoms. The Morgan fingerprint density at radius 2 is 1.33 bits per heavy atom. The Kier molecular flexibility index (Phi) is 8.27. The Hall–Kier alpha value is -1.76. The van der Waals surface area contributed by atoms with Crippen molar-refractivity contribution in [1.82, 2.24) is 0 Å². The Morgan fingerprint density at radius 1 is 0.741 bits per heavy atom. The van der Waals surface area contributed by atoms with Gasteiger partial charge in [0.1, 0.15) is 5.75 Å². The van der Waals surface area contributed by atoms with Gasteiger partial charge in [-0.15, -0.1) is 0 Å². The van der Waals surface area contributed by atoms with Crippen LogP contribution in [0.15, 0.2) is 48.5 Å². The number of benzene rings is 2. The molecule has 0 aromatic heterocycles. The van der Waals surface area contributed by atoms with Gasteiger partial charge >= 0.3 is 0 Å². The Labute approximate surface area is 166 Å². The molecule has 27 heavy (non-hydrogen) atoms. The van der Waals surface area contributed by atoms with Crippen LogP contribution in [0.4, 0.5) is 0 Å². The van der Waals surface area contributed by atoms with E-state index in [2.05, 4.69) is 61.9 Å². The van der Waals surface area contributed by atoms with E-state index < -0.39 is 0 Å². The van der Waals surface area contributed by atoms with Crippen molar-refractivity contribution >= 4 is 0 Å². The maximum Gasteiger partial charge on any atom is 0.119 e. The van der Waals surface area contributed by atoms with Gasteiger partial charge in [-0.1, -0.05) is 75.4 Å². The van der Waals surface area contributed by atoms with E-state index in [0.717, 1.165) is 24.7 Å². The zero-order valence-electron chi connectivity index (χ0n) is 17.0. The Bertz CT molecular complexity index is 635. The molecule has 0 saturated heterocycles. The lowest BCUT2D eigenvalue weighted by atomic mass is 9.84. The van der Waals surface area contributed by atoms with Gasteiger partial charge < -0.3 is 4.74 Å². The van der Waals surface area contributed by atoms with Crippen molar-refractivity contribution in [2.75, 3.05) is 6.61 Å². The molecule has 2 aromatic carbocycles. The van der Waals surface area contributed by atoms with Crippen LogP contribution in [0.1, 0.15) is 82.6 Å². The summed E-state index contributed by atoms with van der Waals surface area (Å²) in [6.45, 7) is 3.09. The lowest BCUT2D eigenvalue weighted by Crippen LogP contribution is -2.04. The molecule has 3 rings (SSSR count). The van der Waals surface area contributed by atoms with Crippen LogP contribution < -0.4 is 4.74 Å². The van der Waals surface area contributed by atoms with Crippen molar-refractivity contribution in [2.24, 2.45) is 0 Å². The van der Waals surface area contributed by atoms with Gasteiger partial charge in [-0.05, 0) is 73.3 Å². The van der Waals surface area contributed by atoms with Gasteiger partial charge in [-0.25, -0.2) is 0 Å². The molecule has 1 radical (unpaired) electrons. The molecule has 0 spiro atoms. The van der Waals surface area contributed by atoms with Crippen LogP contribution in [0, 0.1) is 6.42 Å². The molecule has 1 nitrogen and oxygen atoms in total. The van der Waals surface area contributed by atoms with Gasteiger partial charge in [0.15, 0.2) is 0 Å². The summed E-state index contributed by atoms with van der Waals surface area (Å²) in [6, 6.07) is 17.8. The molecule has 0 bridgehead atoms. The number of ether oxygens (including phenoxy) is 1. The molecule has 2 aromatic rings. The van der Waals surface area contributed by atoms with E-state index in [1.165, 1.54) is 74.5 Å². The van der Waals surface area contributed by atoms with E-state index in [1.807, 2.05) is 0 Å². The van der Waals surface area contributed by atoms with E-state index in [4.69, 9.17) is 4.74 Å². The van der Waals surface area contributed by atoms with Crippen LogP contribution in [0.5, 0.6) is 5.75 Å². The van der Waals surface area contributed by atoms with Gasteiger partial charge in [0.25, 0.3) is 0 Å². The largest absolute Gasteiger partial charge is 0.494 e. The van der Waals surface area contributed by atoms with E-state index >= 15 is 0 Å². The number of unbranched alkanes of at least 4 members (excludes halogenated alkanes) is 5. The molecule has 0 atom stereocenters. The maximum atomic E-state index is 5.90. The summed E-state index contributed by atoms with van der Waals surface area (Å²) < 4.78 is 5.90. The zero-order valence-corrected chi connectivity index (χ0v) is 17.0. The second-order valence-corrected chi connectivity index (χ2v) is 7.90. The fraction of sp³-hybridized carbons (Fsp3) is 0.500. The third-order valence-electron chi connectivity index (χ3n) is 5.77. The first kappa shape index (κ1) is 20.0. The predicted octanol–water partition coefficient (Wildman–Crippen LogP) is 7.95. The van der Waals surface area contributed by atoms with Gasteiger partial charge in [0.2, 0.25) is 0 Å². The topological polar surface area (TPSA) is 9.23 Å². The van der Waals surface area contributed by atoms with Crippen LogP contribution >= 0.6 is 0 Å². The Morgan fingerprint density at radius 3 is 2.00 bits per heavy atom. The van der Waals surface area contributed by atoms with Crippen molar-refractivity contribution in [3.05, 3.63) is 60.5 Å². The SMILES string of the molecule is CCCCCCCCOc1ccc(-c2ccc(C3CC[CH]CC3)cc2)cc1. The fourth-order valence-corrected chi connectivity index (χ4v) is 4.02. The van der Waals surface area contributed by atoms with Crippen LogP contribution in [-0.2, 0) is 0 Å². The highest BCUT2D eigenvalue weighted by Gasteiger charge is 2.15. The van der Waals surface area contributed by atoms with Crippen LogP contribution in [0.25, 0.3) is 11.1 Å². The average Bonchev–Trinajstić information content (AvgIpc) is 2.74. The van der Waals surface area contributed by atoms with Crippen molar-refractivity contribution in [3.8, 4) is 16.9 Å². The number of rotatable bonds is 10. The van der Waals surface area contributed by atoms with Gasteiger partial charge in [-0.2, -0.15) is 0 Å². The quantitative estimate of drug-likeness (QED) is 0.389. The minimum atomic E-state index is 0.752. The highest BCUT2D eigenvalue weighted by atomic mass is 16.5. The van der Waals surface area contributed by atoms with Crippen LogP contribution in [0.3, 0.4) is 0 Å². The zero-order chi connectivity index (χ0) is 18.7. The lowest BCUT2D eigenvalue weighted by molar-refractivity contribution is 0.304. The van der Waals surface area contributed by atoms with E-state index in [1.54, 1.807) is 0 Å². The summed E-state index contributed by atoms with van der Waals surface area (Å²) in [6.07, 6.45) is 15.4. The average molecular weight is 364 g/mol. The van der Waals surface area contributed by atoms with Crippen LogP contribution in [0.2, 0.25) is 0 Å². The van der Waals surface area contributed by atoms with Crippen molar-refractivity contribution in [3.63, 3.8) is 0 Å². The molecule has 0 amide bonds. The number of hydrogen-bond donors (Lipinski definition) is 0. The molecule has 0 unspecified atom stereocenters. The van der Waals surface area contributed by atoms with Crippen LogP contribution in [-0.4, -0.2) is 6.61 Å². The van der Waals surface area contributed by atoms with Crippen molar-refractivity contribution in [1.29, 1.82) is 0 Å². The minimum absolute atomic E-state index is 0.752. The second kappa shape index (κ2) is 11.2. The molecule has 145 valence electrons. The molecule has 0 N–H and O–H groups in total. The summed E-state index contributed by atoms with van der Waals surface area (Å²) in [5, 5.41) is 0. The highest BCUT2D eigenvalue weighted by molar-refractivity contribution is 5.64. The molecule has 1 aliphatic carbocycles. The van der Waals surface area contributed by atoms with E-state index in [0.29, 0.717) is 0 Å². The number of hydrogen-bond acceptors (Lipinski definition) is 1. The normalized spacial score (nSPS) is 15.0. The summed E-state index contributed by atoms with van der Waals surface area (Å²) in [4.78, 5) is 0.